The molecular weight excluding hydrogens is 436 g/mol. The summed E-state index contributed by atoms with van der Waals surface area (Å²) in [6.07, 6.45) is 8.11. The molecule has 0 fully saturated rings. The average molecular weight is 465 g/mol. The van der Waals surface area contributed by atoms with Gasteiger partial charge in [-0.25, -0.2) is 14.6 Å². The molecule has 0 radical (unpaired) electrons. The lowest BCUT2D eigenvalue weighted by atomic mass is 9.88. The highest BCUT2D eigenvalue weighted by Crippen LogP contribution is 2.36. The van der Waals surface area contributed by atoms with Crippen molar-refractivity contribution < 1.29 is 4.74 Å². The monoisotopic (exact) mass is 464 g/mol. The van der Waals surface area contributed by atoms with Gasteiger partial charge in [0, 0.05) is 24.4 Å². The van der Waals surface area contributed by atoms with Crippen LogP contribution in [0.3, 0.4) is 0 Å². The Bertz CT molecular complexity index is 1450. The molecule has 0 saturated heterocycles. The molecule has 2 aliphatic rings. The molecule has 2 aliphatic heterocycles. The molecule has 0 spiro atoms. The van der Waals surface area contributed by atoms with E-state index in [4.69, 9.17) is 14.8 Å². The molecular formula is C28H28N6O. The van der Waals surface area contributed by atoms with Crippen molar-refractivity contribution in [2.45, 2.75) is 32.2 Å². The van der Waals surface area contributed by atoms with E-state index >= 15 is 0 Å². The second-order valence-electron chi connectivity index (χ2n) is 9.03. The molecule has 35 heavy (non-hydrogen) atoms. The van der Waals surface area contributed by atoms with E-state index in [1.54, 1.807) is 7.11 Å². The van der Waals surface area contributed by atoms with Crippen molar-refractivity contribution in [1.82, 2.24) is 25.1 Å². The van der Waals surface area contributed by atoms with Crippen LogP contribution in [0, 0.1) is 0 Å². The minimum absolute atomic E-state index is 0.243. The van der Waals surface area contributed by atoms with Crippen LogP contribution in [0.2, 0.25) is 0 Å². The van der Waals surface area contributed by atoms with Crippen molar-refractivity contribution in [3.63, 3.8) is 0 Å². The molecule has 7 heteroatoms. The minimum Gasteiger partial charge on any atom is -0.479 e. The van der Waals surface area contributed by atoms with Gasteiger partial charge < -0.3 is 15.0 Å². The first-order chi connectivity index (χ1) is 17.2. The van der Waals surface area contributed by atoms with Crippen molar-refractivity contribution in [2.75, 3.05) is 18.7 Å². The minimum atomic E-state index is 0.243. The van der Waals surface area contributed by atoms with Gasteiger partial charge in [0.25, 0.3) is 0 Å². The van der Waals surface area contributed by atoms with Crippen LogP contribution in [0.15, 0.2) is 66.5 Å². The zero-order valence-electron chi connectivity index (χ0n) is 20.0. The normalized spacial score (nSPS) is 17.5. The largest absolute Gasteiger partial charge is 0.479 e. The van der Waals surface area contributed by atoms with Crippen LogP contribution in [-0.4, -0.2) is 33.5 Å². The Morgan fingerprint density at radius 3 is 2.77 bits per heavy atom. The lowest BCUT2D eigenvalue weighted by Crippen LogP contribution is -2.21. The quantitative estimate of drug-likeness (QED) is 0.440. The Hall–Kier alpha value is -4.13. The summed E-state index contributed by atoms with van der Waals surface area (Å²) in [5.74, 6) is 2.58. The van der Waals surface area contributed by atoms with E-state index in [9.17, 15) is 0 Å². The number of aromatic nitrogens is 4. The molecule has 176 valence electrons. The fourth-order valence-electron chi connectivity index (χ4n) is 5.05. The predicted molar refractivity (Wildman–Crippen MR) is 139 cm³/mol. The number of aryl methyl sites for hydroxylation is 1. The van der Waals surface area contributed by atoms with Crippen LogP contribution < -0.4 is 15.0 Å². The number of hydrogen-bond acceptors (Lipinski definition) is 6. The van der Waals surface area contributed by atoms with E-state index in [1.807, 2.05) is 31.2 Å². The number of nitrogens with one attached hydrogen (secondary N) is 1. The number of allylic oxidation sites excluding steroid dienone is 1. The average Bonchev–Trinajstić information content (AvgIpc) is 3.52. The van der Waals surface area contributed by atoms with Gasteiger partial charge in [0.2, 0.25) is 5.88 Å². The maximum atomic E-state index is 5.57. The molecule has 7 nitrogen and oxygen atoms in total. The fraction of sp³-hybridized carbons (Fsp3) is 0.250. The molecule has 1 atom stereocenters. The fourth-order valence-corrected chi connectivity index (χ4v) is 5.05. The highest BCUT2D eigenvalue weighted by atomic mass is 16.5. The highest BCUT2D eigenvalue weighted by Gasteiger charge is 2.26. The zero-order chi connectivity index (χ0) is 23.8. The summed E-state index contributed by atoms with van der Waals surface area (Å²) in [5, 5.41) is 10.6. The number of hydrogen-bond donors (Lipinski definition) is 1. The summed E-state index contributed by atoms with van der Waals surface area (Å²) < 4.78 is 7.64. The first-order valence-corrected chi connectivity index (χ1v) is 12.0. The summed E-state index contributed by atoms with van der Waals surface area (Å²) in [6, 6.07) is 19.2. The van der Waals surface area contributed by atoms with Gasteiger partial charge in [-0.05, 0) is 60.4 Å². The van der Waals surface area contributed by atoms with Crippen molar-refractivity contribution in [2.24, 2.45) is 0 Å². The highest BCUT2D eigenvalue weighted by molar-refractivity contribution is 5.86. The topological polar surface area (TPSA) is 68.1 Å². The Morgan fingerprint density at radius 2 is 1.91 bits per heavy atom. The van der Waals surface area contributed by atoms with E-state index in [2.05, 4.69) is 68.5 Å². The summed E-state index contributed by atoms with van der Waals surface area (Å²) in [4.78, 5) is 11.7. The number of pyridine rings is 1. The molecule has 0 bridgehead atoms. The third kappa shape index (κ3) is 4.03. The SMILES string of the molecule is COc1nc(/C=C/c2nc3n(n2)CCCC3c2cccc3ccccc23)ccc1N1C=C(C)NC1. The van der Waals surface area contributed by atoms with E-state index in [0.29, 0.717) is 18.4 Å². The lowest BCUT2D eigenvalue weighted by molar-refractivity contribution is 0.398. The molecule has 2 aromatic carbocycles. The third-order valence-corrected chi connectivity index (χ3v) is 6.74. The predicted octanol–water partition coefficient (Wildman–Crippen LogP) is 5.16. The second kappa shape index (κ2) is 8.91. The molecule has 4 heterocycles. The van der Waals surface area contributed by atoms with E-state index < -0.39 is 0 Å². The Balaban J connectivity index is 1.28. The lowest BCUT2D eigenvalue weighted by Gasteiger charge is -2.23. The summed E-state index contributed by atoms with van der Waals surface area (Å²) in [5.41, 5.74) is 4.18. The van der Waals surface area contributed by atoms with Crippen molar-refractivity contribution in [1.29, 1.82) is 0 Å². The molecule has 0 amide bonds. The van der Waals surface area contributed by atoms with Gasteiger partial charge >= 0.3 is 0 Å². The van der Waals surface area contributed by atoms with E-state index in [-0.39, 0.29) is 5.92 Å². The molecule has 2 aromatic heterocycles. The van der Waals surface area contributed by atoms with Crippen molar-refractivity contribution in [3.8, 4) is 5.88 Å². The summed E-state index contributed by atoms with van der Waals surface area (Å²) in [7, 11) is 1.65. The van der Waals surface area contributed by atoms with Gasteiger partial charge in [-0.3, -0.25) is 0 Å². The first-order valence-electron chi connectivity index (χ1n) is 12.0. The van der Waals surface area contributed by atoms with Gasteiger partial charge in [-0.2, -0.15) is 5.10 Å². The van der Waals surface area contributed by atoms with E-state index in [0.717, 1.165) is 42.3 Å². The maximum absolute atomic E-state index is 5.57. The maximum Gasteiger partial charge on any atom is 0.238 e. The Kier molecular flexibility index (Phi) is 5.45. The molecule has 6 rings (SSSR count). The Labute approximate surface area is 204 Å². The van der Waals surface area contributed by atoms with Crippen LogP contribution in [0.4, 0.5) is 5.69 Å². The smallest absolute Gasteiger partial charge is 0.238 e. The van der Waals surface area contributed by atoms with Gasteiger partial charge in [0.15, 0.2) is 5.82 Å². The second-order valence-corrected chi connectivity index (χ2v) is 9.03. The zero-order valence-corrected chi connectivity index (χ0v) is 20.0. The number of fused-ring (bicyclic) bond motifs is 2. The number of methoxy groups -OCH3 is 1. The molecule has 4 aromatic rings. The number of nitrogens with zero attached hydrogens (tertiary/aromatic N) is 5. The third-order valence-electron chi connectivity index (χ3n) is 6.74. The van der Waals surface area contributed by atoms with Gasteiger partial charge in [0.1, 0.15) is 11.5 Å². The molecule has 0 aliphatic carbocycles. The van der Waals surface area contributed by atoms with Crippen LogP contribution in [0.5, 0.6) is 5.88 Å². The van der Waals surface area contributed by atoms with Crippen LogP contribution >= 0.6 is 0 Å². The number of rotatable bonds is 5. The van der Waals surface area contributed by atoms with Gasteiger partial charge in [0.05, 0.1) is 19.5 Å². The first kappa shape index (κ1) is 21.4. The molecule has 0 saturated carbocycles. The summed E-state index contributed by atoms with van der Waals surface area (Å²) >= 11 is 0. The van der Waals surface area contributed by atoms with Crippen molar-refractivity contribution >= 4 is 28.6 Å². The van der Waals surface area contributed by atoms with Crippen LogP contribution in [0.25, 0.3) is 22.9 Å². The molecule has 1 N–H and O–H groups in total. The number of benzene rings is 2. The Morgan fingerprint density at radius 1 is 1.03 bits per heavy atom. The summed E-state index contributed by atoms with van der Waals surface area (Å²) in [6.45, 7) is 3.65. The molecule has 1 unspecified atom stereocenters. The number of anilines is 1. The van der Waals surface area contributed by atoms with Gasteiger partial charge in [-0.1, -0.05) is 42.5 Å². The van der Waals surface area contributed by atoms with Crippen LogP contribution in [-0.2, 0) is 6.54 Å². The van der Waals surface area contributed by atoms with Gasteiger partial charge in [-0.15, -0.1) is 0 Å². The number of ether oxygens (including phenoxy) is 1. The van der Waals surface area contributed by atoms with Crippen molar-refractivity contribution in [3.05, 3.63) is 89.4 Å². The van der Waals surface area contributed by atoms with E-state index in [1.165, 1.54) is 16.3 Å². The standard InChI is InChI=1S/C28H28N6O/c1-19-17-33(18-29-19)25-14-12-21(30-28(25)35-2)13-15-26-31-27-24(11-6-16-34(27)32-26)23-10-5-8-20-7-3-4-9-22(20)23/h3-5,7-10,12-15,17,24,29H,6,11,16,18H2,1-2H3/b15-13+. The van der Waals surface area contributed by atoms with Crippen LogP contribution in [0.1, 0.15) is 48.6 Å².